The van der Waals surface area contributed by atoms with Crippen LogP contribution in [0.4, 0.5) is 5.69 Å². The molecule has 2 aromatic rings. The monoisotopic (exact) mass is 190 g/mol. The van der Waals surface area contributed by atoms with Crippen LogP contribution in [0.3, 0.4) is 0 Å². The van der Waals surface area contributed by atoms with E-state index in [1.54, 1.807) is 0 Å². The van der Waals surface area contributed by atoms with E-state index in [-0.39, 0.29) is 0 Å². The molecular formula is C10H14N4. The lowest BCUT2D eigenvalue weighted by Gasteiger charge is -2.17. The minimum absolute atomic E-state index is 0.667. The minimum atomic E-state index is 0.667. The zero-order valence-corrected chi connectivity index (χ0v) is 8.20. The number of likely N-dealkylation sites (N-methyl/N-ethyl adjacent to an activating group) is 1. The number of H-pyrrole nitrogens is 1. The van der Waals surface area contributed by atoms with Gasteiger partial charge >= 0.3 is 0 Å². The highest BCUT2D eigenvalue weighted by atomic mass is 15.1. The summed E-state index contributed by atoms with van der Waals surface area (Å²) in [7, 11) is 2.04. The molecule has 0 aliphatic carbocycles. The van der Waals surface area contributed by atoms with Crippen molar-refractivity contribution in [3.8, 4) is 0 Å². The van der Waals surface area contributed by atoms with Gasteiger partial charge in [0.2, 0.25) is 0 Å². The summed E-state index contributed by atoms with van der Waals surface area (Å²) >= 11 is 0. The van der Waals surface area contributed by atoms with Crippen molar-refractivity contribution in [2.45, 2.75) is 0 Å². The first-order valence-corrected chi connectivity index (χ1v) is 4.65. The number of nitrogens with two attached hydrogens (primary N) is 1. The third-order valence-corrected chi connectivity index (χ3v) is 2.33. The van der Waals surface area contributed by atoms with Crippen LogP contribution in [0.2, 0.25) is 0 Å². The van der Waals surface area contributed by atoms with E-state index in [0.717, 1.165) is 17.4 Å². The number of hydrogen-bond acceptors (Lipinski definition) is 3. The Kier molecular flexibility index (Phi) is 2.37. The Morgan fingerprint density at radius 1 is 1.50 bits per heavy atom. The zero-order chi connectivity index (χ0) is 9.97. The quantitative estimate of drug-likeness (QED) is 0.757. The molecule has 0 unspecified atom stereocenters. The SMILES string of the molecule is CN(CCN)c1ccc2[nH]ncc2c1. The molecule has 0 fully saturated rings. The molecule has 0 aliphatic rings. The third-order valence-electron chi connectivity index (χ3n) is 2.33. The molecule has 0 atom stereocenters. The Labute approximate surface area is 82.7 Å². The zero-order valence-electron chi connectivity index (χ0n) is 8.20. The third kappa shape index (κ3) is 1.56. The van der Waals surface area contributed by atoms with Gasteiger partial charge in [0, 0.05) is 31.2 Å². The number of aromatic nitrogens is 2. The van der Waals surface area contributed by atoms with Crippen molar-refractivity contribution in [2.24, 2.45) is 5.73 Å². The number of anilines is 1. The molecule has 0 aliphatic heterocycles. The van der Waals surface area contributed by atoms with Crippen molar-refractivity contribution in [1.29, 1.82) is 0 Å². The number of rotatable bonds is 3. The van der Waals surface area contributed by atoms with Gasteiger partial charge in [-0.2, -0.15) is 5.10 Å². The summed E-state index contributed by atoms with van der Waals surface area (Å²) in [5.74, 6) is 0. The van der Waals surface area contributed by atoms with Crippen molar-refractivity contribution in [1.82, 2.24) is 10.2 Å². The molecule has 4 heteroatoms. The summed E-state index contributed by atoms with van der Waals surface area (Å²) in [6, 6.07) is 6.20. The number of nitrogens with zero attached hydrogens (tertiary/aromatic N) is 2. The van der Waals surface area contributed by atoms with Gasteiger partial charge in [-0.15, -0.1) is 0 Å². The van der Waals surface area contributed by atoms with Crippen molar-refractivity contribution in [2.75, 3.05) is 25.0 Å². The van der Waals surface area contributed by atoms with Crippen LogP contribution in [0.5, 0.6) is 0 Å². The van der Waals surface area contributed by atoms with Crippen LogP contribution in [0.25, 0.3) is 10.9 Å². The van der Waals surface area contributed by atoms with E-state index < -0.39 is 0 Å². The first kappa shape index (κ1) is 9.02. The lowest BCUT2D eigenvalue weighted by atomic mass is 10.2. The number of fused-ring (bicyclic) bond motifs is 1. The van der Waals surface area contributed by atoms with Gasteiger partial charge in [-0.25, -0.2) is 0 Å². The second-order valence-corrected chi connectivity index (χ2v) is 3.35. The molecule has 14 heavy (non-hydrogen) atoms. The van der Waals surface area contributed by atoms with Crippen molar-refractivity contribution in [3.63, 3.8) is 0 Å². The Bertz CT molecular complexity index is 421. The van der Waals surface area contributed by atoms with E-state index >= 15 is 0 Å². The molecule has 0 saturated carbocycles. The Morgan fingerprint density at radius 2 is 2.36 bits per heavy atom. The summed E-state index contributed by atoms with van der Waals surface area (Å²) in [6.45, 7) is 1.53. The van der Waals surface area contributed by atoms with Crippen molar-refractivity contribution >= 4 is 16.6 Å². The van der Waals surface area contributed by atoms with Crippen LogP contribution in [0.1, 0.15) is 0 Å². The molecule has 3 N–H and O–H groups in total. The van der Waals surface area contributed by atoms with E-state index in [2.05, 4.69) is 27.2 Å². The lowest BCUT2D eigenvalue weighted by Crippen LogP contribution is -2.24. The second kappa shape index (κ2) is 3.67. The molecule has 0 saturated heterocycles. The fourth-order valence-corrected chi connectivity index (χ4v) is 1.49. The van der Waals surface area contributed by atoms with Crippen LogP contribution in [-0.4, -0.2) is 30.3 Å². The average molecular weight is 190 g/mol. The van der Waals surface area contributed by atoms with Crippen molar-refractivity contribution < 1.29 is 0 Å². The topological polar surface area (TPSA) is 57.9 Å². The highest BCUT2D eigenvalue weighted by Crippen LogP contribution is 2.18. The maximum atomic E-state index is 5.50. The summed E-state index contributed by atoms with van der Waals surface area (Å²) in [5.41, 5.74) is 7.73. The van der Waals surface area contributed by atoms with E-state index in [4.69, 9.17) is 5.73 Å². The predicted octanol–water partition coefficient (Wildman–Crippen LogP) is 0.958. The largest absolute Gasteiger partial charge is 0.373 e. The molecular weight excluding hydrogens is 176 g/mol. The second-order valence-electron chi connectivity index (χ2n) is 3.35. The first-order chi connectivity index (χ1) is 6.81. The summed E-state index contributed by atoms with van der Waals surface area (Å²) < 4.78 is 0. The first-order valence-electron chi connectivity index (χ1n) is 4.65. The van der Waals surface area contributed by atoms with Gasteiger partial charge in [0.15, 0.2) is 0 Å². The average Bonchev–Trinajstić information content (AvgIpc) is 2.64. The Balaban J connectivity index is 2.33. The molecule has 0 bridgehead atoms. The van der Waals surface area contributed by atoms with E-state index in [0.29, 0.717) is 6.54 Å². The summed E-state index contributed by atoms with van der Waals surface area (Å²) in [4.78, 5) is 2.13. The van der Waals surface area contributed by atoms with Gasteiger partial charge in [0.25, 0.3) is 0 Å². The van der Waals surface area contributed by atoms with Gasteiger partial charge < -0.3 is 10.6 Å². The van der Waals surface area contributed by atoms with E-state index in [1.807, 2.05) is 19.3 Å². The number of aromatic amines is 1. The van der Waals surface area contributed by atoms with E-state index in [9.17, 15) is 0 Å². The normalized spacial score (nSPS) is 10.7. The summed E-state index contributed by atoms with van der Waals surface area (Å²) in [5, 5.41) is 8.03. The Hall–Kier alpha value is -1.55. The molecule has 1 aromatic carbocycles. The molecule has 0 radical (unpaired) electrons. The van der Waals surface area contributed by atoms with Crippen LogP contribution < -0.4 is 10.6 Å². The number of hydrogen-bond donors (Lipinski definition) is 2. The standard InChI is InChI=1S/C10H14N4/c1-14(5-4-11)9-2-3-10-8(6-9)7-12-13-10/h2-3,6-7H,4-5,11H2,1H3,(H,12,13). The van der Waals surface area contributed by atoms with Crippen LogP contribution in [0, 0.1) is 0 Å². The fourth-order valence-electron chi connectivity index (χ4n) is 1.49. The highest BCUT2D eigenvalue weighted by molar-refractivity contribution is 5.81. The van der Waals surface area contributed by atoms with Gasteiger partial charge in [0.05, 0.1) is 11.7 Å². The van der Waals surface area contributed by atoms with Gasteiger partial charge in [-0.1, -0.05) is 0 Å². The lowest BCUT2D eigenvalue weighted by molar-refractivity contribution is 0.886. The fraction of sp³-hybridized carbons (Fsp3) is 0.300. The Morgan fingerprint density at radius 3 is 3.14 bits per heavy atom. The molecule has 1 heterocycles. The molecule has 4 nitrogen and oxygen atoms in total. The smallest absolute Gasteiger partial charge is 0.0651 e. The van der Waals surface area contributed by atoms with Gasteiger partial charge in [-0.05, 0) is 18.2 Å². The van der Waals surface area contributed by atoms with Crippen LogP contribution in [0.15, 0.2) is 24.4 Å². The number of benzene rings is 1. The molecule has 1 aromatic heterocycles. The predicted molar refractivity (Wildman–Crippen MR) is 58.4 cm³/mol. The number of nitrogens with one attached hydrogen (secondary N) is 1. The van der Waals surface area contributed by atoms with Crippen LogP contribution in [-0.2, 0) is 0 Å². The van der Waals surface area contributed by atoms with E-state index in [1.165, 1.54) is 5.69 Å². The molecule has 0 amide bonds. The van der Waals surface area contributed by atoms with Crippen LogP contribution >= 0.6 is 0 Å². The van der Waals surface area contributed by atoms with Gasteiger partial charge in [-0.3, -0.25) is 5.10 Å². The highest BCUT2D eigenvalue weighted by Gasteiger charge is 2.01. The summed E-state index contributed by atoms with van der Waals surface area (Å²) in [6.07, 6.45) is 1.83. The maximum absolute atomic E-state index is 5.50. The molecule has 2 rings (SSSR count). The molecule has 0 spiro atoms. The maximum Gasteiger partial charge on any atom is 0.0651 e. The van der Waals surface area contributed by atoms with Crippen molar-refractivity contribution in [3.05, 3.63) is 24.4 Å². The minimum Gasteiger partial charge on any atom is -0.373 e. The van der Waals surface area contributed by atoms with Gasteiger partial charge in [0.1, 0.15) is 0 Å². The molecule has 74 valence electrons.